The Labute approximate surface area is 92.8 Å². The van der Waals surface area contributed by atoms with E-state index in [4.69, 9.17) is 12.2 Å². The van der Waals surface area contributed by atoms with Crippen molar-refractivity contribution < 1.29 is 0 Å². The fraction of sp³-hybridized carbons (Fsp3) is 0.182. The minimum Gasteiger partial charge on any atom is -0.0888 e. The summed E-state index contributed by atoms with van der Waals surface area (Å²) in [6, 6.07) is 10.1. The summed E-state index contributed by atoms with van der Waals surface area (Å²) in [7, 11) is 0. The SMILES string of the molecule is C=C(Br)CCC(=S)c1ccccc1. The summed E-state index contributed by atoms with van der Waals surface area (Å²) in [4.78, 5) is 1.00. The highest BCUT2D eigenvalue weighted by Crippen LogP contribution is 2.13. The van der Waals surface area contributed by atoms with Crippen molar-refractivity contribution in [3.05, 3.63) is 47.0 Å². The lowest BCUT2D eigenvalue weighted by molar-refractivity contribution is 1.10. The summed E-state index contributed by atoms with van der Waals surface area (Å²) in [5.74, 6) is 0. The predicted molar refractivity (Wildman–Crippen MR) is 65.4 cm³/mol. The van der Waals surface area contributed by atoms with Gasteiger partial charge in [-0.1, -0.05) is 65.1 Å². The number of benzene rings is 1. The van der Waals surface area contributed by atoms with E-state index in [2.05, 4.69) is 22.5 Å². The molecule has 0 N–H and O–H groups in total. The van der Waals surface area contributed by atoms with E-state index in [1.165, 1.54) is 0 Å². The molecule has 0 amide bonds. The number of halogens is 1. The molecule has 2 heteroatoms. The van der Waals surface area contributed by atoms with Crippen LogP contribution in [0, 0.1) is 0 Å². The van der Waals surface area contributed by atoms with E-state index in [-0.39, 0.29) is 0 Å². The molecule has 0 unspecified atom stereocenters. The van der Waals surface area contributed by atoms with Crippen LogP contribution in [0.15, 0.2) is 41.4 Å². The Balaban J connectivity index is 2.54. The van der Waals surface area contributed by atoms with Crippen molar-refractivity contribution >= 4 is 33.0 Å². The summed E-state index contributed by atoms with van der Waals surface area (Å²) >= 11 is 8.60. The maximum absolute atomic E-state index is 5.28. The Bertz CT molecular complexity index is 303. The first-order valence-electron chi connectivity index (χ1n) is 4.11. The lowest BCUT2D eigenvalue weighted by Crippen LogP contribution is -1.95. The van der Waals surface area contributed by atoms with Crippen molar-refractivity contribution in [3.63, 3.8) is 0 Å². The van der Waals surface area contributed by atoms with Crippen molar-refractivity contribution in [1.29, 1.82) is 0 Å². The van der Waals surface area contributed by atoms with Gasteiger partial charge in [0.15, 0.2) is 0 Å². The summed E-state index contributed by atoms with van der Waals surface area (Å²) in [6.07, 6.45) is 1.80. The van der Waals surface area contributed by atoms with Gasteiger partial charge in [-0.2, -0.15) is 0 Å². The smallest absolute Gasteiger partial charge is 0.0228 e. The molecule has 0 fully saturated rings. The molecule has 0 aliphatic rings. The van der Waals surface area contributed by atoms with Crippen molar-refractivity contribution in [2.75, 3.05) is 0 Å². The predicted octanol–water partition coefficient (Wildman–Crippen LogP) is 4.09. The van der Waals surface area contributed by atoms with Gasteiger partial charge in [0.25, 0.3) is 0 Å². The molecule has 0 aliphatic heterocycles. The van der Waals surface area contributed by atoms with Gasteiger partial charge in [0.05, 0.1) is 0 Å². The van der Waals surface area contributed by atoms with Crippen molar-refractivity contribution in [1.82, 2.24) is 0 Å². The number of hydrogen-bond acceptors (Lipinski definition) is 1. The molecule has 0 aromatic heterocycles. The minimum atomic E-state index is 0.892. The molecule has 1 rings (SSSR count). The molecular weight excluding hydrogens is 244 g/mol. The highest BCUT2D eigenvalue weighted by molar-refractivity contribution is 9.11. The summed E-state index contributed by atoms with van der Waals surface area (Å²) in [5, 5.41) is 0. The third-order valence-corrected chi connectivity index (χ3v) is 2.56. The van der Waals surface area contributed by atoms with Crippen molar-refractivity contribution in [2.24, 2.45) is 0 Å². The average Bonchev–Trinajstić information content (AvgIpc) is 2.15. The first-order chi connectivity index (χ1) is 6.20. The van der Waals surface area contributed by atoms with Gasteiger partial charge >= 0.3 is 0 Å². The maximum atomic E-state index is 5.28. The third kappa shape index (κ3) is 3.83. The van der Waals surface area contributed by atoms with Crippen LogP contribution in [0.4, 0.5) is 0 Å². The second kappa shape index (κ2) is 5.30. The number of allylic oxidation sites excluding steroid dienone is 1. The molecule has 0 spiro atoms. The van der Waals surface area contributed by atoms with Gasteiger partial charge in [-0.05, 0) is 22.9 Å². The summed E-state index contributed by atoms with van der Waals surface area (Å²) < 4.78 is 1.01. The normalized spacial score (nSPS) is 9.62. The van der Waals surface area contributed by atoms with Gasteiger partial charge in [0, 0.05) is 4.86 Å². The molecule has 0 heterocycles. The fourth-order valence-corrected chi connectivity index (χ4v) is 1.45. The highest BCUT2D eigenvalue weighted by Gasteiger charge is 1.99. The van der Waals surface area contributed by atoms with Gasteiger partial charge < -0.3 is 0 Å². The monoisotopic (exact) mass is 254 g/mol. The van der Waals surface area contributed by atoms with E-state index in [1.807, 2.05) is 30.3 Å². The highest BCUT2D eigenvalue weighted by atomic mass is 79.9. The van der Waals surface area contributed by atoms with Crippen LogP contribution in [-0.2, 0) is 0 Å². The zero-order valence-electron chi connectivity index (χ0n) is 7.29. The molecule has 0 bridgehead atoms. The van der Waals surface area contributed by atoms with Crippen LogP contribution >= 0.6 is 28.1 Å². The maximum Gasteiger partial charge on any atom is 0.0228 e. The molecule has 0 aliphatic carbocycles. The second-order valence-corrected chi connectivity index (χ2v) is 4.42. The quantitative estimate of drug-likeness (QED) is 0.576. The van der Waals surface area contributed by atoms with E-state index in [0.29, 0.717) is 0 Å². The number of hydrogen-bond donors (Lipinski definition) is 0. The molecule has 13 heavy (non-hydrogen) atoms. The average molecular weight is 255 g/mol. The lowest BCUT2D eigenvalue weighted by atomic mass is 10.1. The first kappa shape index (κ1) is 10.6. The van der Waals surface area contributed by atoms with Crippen LogP contribution in [-0.4, -0.2) is 4.86 Å². The van der Waals surface area contributed by atoms with Gasteiger partial charge in [-0.25, -0.2) is 0 Å². The lowest BCUT2D eigenvalue weighted by Gasteiger charge is -2.02. The summed E-state index contributed by atoms with van der Waals surface area (Å²) in [6.45, 7) is 3.78. The van der Waals surface area contributed by atoms with Crippen LogP contribution in [0.3, 0.4) is 0 Å². The van der Waals surface area contributed by atoms with E-state index in [1.54, 1.807) is 0 Å². The van der Waals surface area contributed by atoms with Crippen LogP contribution in [0.5, 0.6) is 0 Å². The molecule has 1 aromatic rings. The molecular formula is C11H11BrS. The van der Waals surface area contributed by atoms with Crippen LogP contribution in [0.1, 0.15) is 18.4 Å². The van der Waals surface area contributed by atoms with Gasteiger partial charge in [0.2, 0.25) is 0 Å². The molecule has 0 saturated heterocycles. The fourth-order valence-electron chi connectivity index (χ4n) is 1.02. The van der Waals surface area contributed by atoms with Gasteiger partial charge in [-0.15, -0.1) is 0 Å². The molecule has 0 radical (unpaired) electrons. The third-order valence-electron chi connectivity index (χ3n) is 1.72. The zero-order chi connectivity index (χ0) is 9.68. The molecule has 0 saturated carbocycles. The largest absolute Gasteiger partial charge is 0.0888 e. The van der Waals surface area contributed by atoms with E-state index in [0.717, 1.165) is 27.8 Å². The number of rotatable bonds is 4. The topological polar surface area (TPSA) is 0 Å². The van der Waals surface area contributed by atoms with Gasteiger partial charge in [-0.3, -0.25) is 0 Å². The molecule has 1 aromatic carbocycles. The summed E-state index contributed by atoms with van der Waals surface area (Å²) in [5.41, 5.74) is 1.14. The Hall–Kier alpha value is -0.470. The zero-order valence-corrected chi connectivity index (χ0v) is 9.70. The molecule has 0 nitrogen and oxygen atoms in total. The molecule has 68 valence electrons. The van der Waals surface area contributed by atoms with Crippen LogP contribution in [0.25, 0.3) is 0 Å². The first-order valence-corrected chi connectivity index (χ1v) is 5.32. The van der Waals surface area contributed by atoms with Crippen LogP contribution < -0.4 is 0 Å². The van der Waals surface area contributed by atoms with Crippen LogP contribution in [0.2, 0.25) is 0 Å². The Morgan fingerprint density at radius 3 is 2.38 bits per heavy atom. The minimum absolute atomic E-state index is 0.892. The van der Waals surface area contributed by atoms with E-state index in [9.17, 15) is 0 Å². The molecule has 0 atom stereocenters. The van der Waals surface area contributed by atoms with E-state index < -0.39 is 0 Å². The number of thiocarbonyl (C=S) groups is 1. The van der Waals surface area contributed by atoms with Crippen molar-refractivity contribution in [3.8, 4) is 0 Å². The van der Waals surface area contributed by atoms with Gasteiger partial charge in [0.1, 0.15) is 0 Å². The van der Waals surface area contributed by atoms with E-state index >= 15 is 0 Å². The Morgan fingerprint density at radius 1 is 1.23 bits per heavy atom. The Morgan fingerprint density at radius 2 is 1.85 bits per heavy atom. The second-order valence-electron chi connectivity index (χ2n) is 2.81. The Kier molecular flexibility index (Phi) is 4.33. The van der Waals surface area contributed by atoms with Crippen molar-refractivity contribution in [2.45, 2.75) is 12.8 Å². The standard InChI is InChI=1S/C11H11BrS/c1-9(12)7-8-11(13)10-5-3-2-4-6-10/h2-6H,1,7-8H2.